The molecule has 2 heterocycles. The van der Waals surface area contributed by atoms with Gasteiger partial charge in [0.25, 0.3) is 0 Å². The van der Waals surface area contributed by atoms with Crippen molar-refractivity contribution in [1.29, 1.82) is 0 Å². The summed E-state index contributed by atoms with van der Waals surface area (Å²) in [6.07, 6.45) is 8.00. The van der Waals surface area contributed by atoms with Crippen LogP contribution in [0.15, 0.2) is 221 Å². The van der Waals surface area contributed by atoms with Gasteiger partial charge in [0, 0.05) is 15.7 Å². The Morgan fingerprint density at radius 1 is 0.550 bits per heavy atom. The van der Waals surface area contributed by atoms with Gasteiger partial charge < -0.3 is 5.32 Å². The molecule has 0 radical (unpaired) electrons. The van der Waals surface area contributed by atoms with Crippen LogP contribution in [0, 0.1) is 0 Å². The van der Waals surface area contributed by atoms with Gasteiger partial charge in [0.15, 0.2) is 0 Å². The number of thioether (sulfide) groups is 1. The number of nitrogens with one attached hydrogen (secondary N) is 2. The first-order valence-electron chi connectivity index (χ1n) is 21.2. The molecule has 0 saturated heterocycles. The van der Waals surface area contributed by atoms with E-state index in [1.54, 1.807) is 0 Å². The summed E-state index contributed by atoms with van der Waals surface area (Å²) in [5, 5.41) is 10.6. The van der Waals surface area contributed by atoms with Crippen molar-refractivity contribution in [2.24, 2.45) is 0 Å². The summed E-state index contributed by atoms with van der Waals surface area (Å²) in [5.41, 5.74) is 19.6. The molecular weight excluding hydrogens is 745 g/mol. The molecule has 3 heteroatoms. The minimum Gasteiger partial charge on any atom is -0.365 e. The molecule has 8 aromatic rings. The highest BCUT2D eigenvalue weighted by atomic mass is 32.2. The van der Waals surface area contributed by atoms with Gasteiger partial charge in [-0.3, -0.25) is 5.32 Å². The summed E-state index contributed by atoms with van der Waals surface area (Å²) in [7, 11) is 0. The Kier molecular flexibility index (Phi) is 7.52. The van der Waals surface area contributed by atoms with Gasteiger partial charge in [-0.15, -0.1) is 0 Å². The molecule has 0 fully saturated rings. The first-order chi connectivity index (χ1) is 29.8. The molecule has 0 aromatic heterocycles. The lowest BCUT2D eigenvalue weighted by Crippen LogP contribution is -2.41. The molecule has 3 unspecified atom stereocenters. The van der Waals surface area contributed by atoms with Crippen LogP contribution in [-0.4, -0.2) is 0 Å². The van der Waals surface area contributed by atoms with Gasteiger partial charge in [0.1, 0.15) is 6.17 Å². The summed E-state index contributed by atoms with van der Waals surface area (Å²) in [5.74, 6) is 0.211. The highest BCUT2D eigenvalue weighted by molar-refractivity contribution is 8.03. The van der Waals surface area contributed by atoms with Crippen LogP contribution >= 0.6 is 11.8 Å². The van der Waals surface area contributed by atoms with Gasteiger partial charge >= 0.3 is 0 Å². The first-order valence-corrected chi connectivity index (χ1v) is 22.0. The highest BCUT2D eigenvalue weighted by Crippen LogP contribution is 2.65. The minimum absolute atomic E-state index is 0.00199. The fourth-order valence-electron chi connectivity index (χ4n) is 11.2. The third-order valence-electron chi connectivity index (χ3n) is 13.7. The van der Waals surface area contributed by atoms with Gasteiger partial charge in [-0.05, 0) is 107 Å². The van der Waals surface area contributed by atoms with Crippen molar-refractivity contribution >= 4 is 22.5 Å². The van der Waals surface area contributed by atoms with E-state index in [0.717, 1.165) is 6.42 Å². The second-order valence-electron chi connectivity index (χ2n) is 16.8. The van der Waals surface area contributed by atoms with E-state index >= 15 is 0 Å². The standard InChI is InChI=1S/C57H40N2S/c1-3-16-35(17-4-1)51-41-23-8-7-20-39(41)34-49-52(51)44-31-30-38(33-48(44)57(49)46-27-12-9-24-42(46)43-25-10-13-28-47(43)57)37-21-15-22-40(32-37)53-55-54(45-26-11-14-29-50(45)60-55)59-56(58-53)36-18-5-2-6-19-36/h1-31,33-34,37,54,56,58-59H,32H2. The van der Waals surface area contributed by atoms with E-state index in [0.29, 0.717) is 0 Å². The summed E-state index contributed by atoms with van der Waals surface area (Å²) >= 11 is 1.91. The van der Waals surface area contributed by atoms with Crippen LogP contribution < -0.4 is 10.6 Å². The van der Waals surface area contributed by atoms with Gasteiger partial charge in [0.2, 0.25) is 0 Å². The number of hydrogen-bond donors (Lipinski definition) is 2. The van der Waals surface area contributed by atoms with E-state index in [1.165, 1.54) is 104 Å². The van der Waals surface area contributed by atoms with Crippen LogP contribution in [0.2, 0.25) is 0 Å². The molecule has 2 aliphatic heterocycles. The molecule has 3 aliphatic carbocycles. The number of fused-ring (bicyclic) bond motifs is 14. The molecular formula is C57H40N2S. The third-order valence-corrected chi connectivity index (χ3v) is 15.0. The molecule has 1 spiro atoms. The Morgan fingerprint density at radius 3 is 2.07 bits per heavy atom. The molecule has 2 nitrogen and oxygen atoms in total. The zero-order chi connectivity index (χ0) is 39.4. The van der Waals surface area contributed by atoms with Crippen molar-refractivity contribution < 1.29 is 0 Å². The summed E-state index contributed by atoms with van der Waals surface area (Å²) in [6.45, 7) is 0. The number of benzene rings is 8. The molecule has 0 bridgehead atoms. The van der Waals surface area contributed by atoms with Crippen molar-refractivity contribution in [2.75, 3.05) is 0 Å². The smallest absolute Gasteiger partial charge is 0.104 e. The Balaban J connectivity index is 0.991. The monoisotopic (exact) mass is 784 g/mol. The summed E-state index contributed by atoms with van der Waals surface area (Å²) in [4.78, 5) is 2.70. The minimum atomic E-state index is -0.456. The van der Waals surface area contributed by atoms with Gasteiger partial charge in [-0.25, -0.2) is 0 Å². The first kappa shape index (κ1) is 34.2. The zero-order valence-corrected chi connectivity index (χ0v) is 33.7. The lowest BCUT2D eigenvalue weighted by atomic mass is 9.69. The normalized spacial score (nSPS) is 19.9. The van der Waals surface area contributed by atoms with Crippen LogP contribution in [0.1, 0.15) is 63.5 Å². The molecule has 60 heavy (non-hydrogen) atoms. The highest BCUT2D eigenvalue weighted by Gasteiger charge is 2.52. The van der Waals surface area contributed by atoms with Crippen LogP contribution in [0.4, 0.5) is 0 Å². The maximum Gasteiger partial charge on any atom is 0.104 e. The van der Waals surface area contributed by atoms with Crippen LogP contribution in [0.3, 0.4) is 0 Å². The molecule has 0 saturated carbocycles. The van der Waals surface area contributed by atoms with Gasteiger partial charge in [-0.2, -0.15) is 0 Å². The largest absolute Gasteiger partial charge is 0.365 e. The Hall–Kier alpha value is -6.65. The molecule has 3 atom stereocenters. The van der Waals surface area contributed by atoms with Crippen molar-refractivity contribution in [3.05, 3.63) is 255 Å². The number of hydrogen-bond acceptors (Lipinski definition) is 3. The fraction of sp³-hybridized carbons (Fsp3) is 0.0877. The van der Waals surface area contributed by atoms with E-state index in [9.17, 15) is 0 Å². The number of rotatable bonds is 4. The third kappa shape index (κ3) is 4.82. The van der Waals surface area contributed by atoms with Crippen molar-refractivity contribution in [3.63, 3.8) is 0 Å². The van der Waals surface area contributed by atoms with Crippen LogP contribution in [0.25, 0.3) is 44.2 Å². The Bertz CT molecular complexity index is 3130. The van der Waals surface area contributed by atoms with Crippen molar-refractivity contribution in [3.8, 4) is 33.4 Å². The molecule has 8 aromatic carbocycles. The van der Waals surface area contributed by atoms with Crippen LogP contribution in [-0.2, 0) is 5.41 Å². The Morgan fingerprint density at radius 2 is 1.25 bits per heavy atom. The Labute approximate surface area is 355 Å². The average Bonchev–Trinajstić information content (AvgIpc) is 3.95. The molecule has 5 aliphatic rings. The van der Waals surface area contributed by atoms with Gasteiger partial charge in [0.05, 0.1) is 17.2 Å². The van der Waals surface area contributed by atoms with E-state index in [-0.39, 0.29) is 18.1 Å². The predicted molar refractivity (Wildman–Crippen MR) is 248 cm³/mol. The maximum absolute atomic E-state index is 4.02. The fourth-order valence-corrected chi connectivity index (χ4v) is 12.5. The topological polar surface area (TPSA) is 24.1 Å². The quantitative estimate of drug-likeness (QED) is 0.186. The zero-order valence-electron chi connectivity index (χ0n) is 32.9. The molecule has 0 amide bonds. The molecule has 2 N–H and O–H groups in total. The average molecular weight is 785 g/mol. The van der Waals surface area contributed by atoms with E-state index in [2.05, 4.69) is 211 Å². The van der Waals surface area contributed by atoms with Crippen LogP contribution in [0.5, 0.6) is 0 Å². The second-order valence-corrected chi connectivity index (χ2v) is 17.8. The van der Waals surface area contributed by atoms with E-state index in [4.69, 9.17) is 0 Å². The molecule has 284 valence electrons. The van der Waals surface area contributed by atoms with Crippen molar-refractivity contribution in [2.45, 2.75) is 34.9 Å². The van der Waals surface area contributed by atoms with Crippen molar-refractivity contribution in [1.82, 2.24) is 10.6 Å². The summed E-state index contributed by atoms with van der Waals surface area (Å²) < 4.78 is 0. The second kappa shape index (κ2) is 13.2. The summed E-state index contributed by atoms with van der Waals surface area (Å²) in [6, 6.07) is 68.3. The maximum atomic E-state index is 4.02. The lowest BCUT2D eigenvalue weighted by Gasteiger charge is -2.36. The lowest BCUT2D eigenvalue weighted by molar-refractivity contribution is 0.414. The van der Waals surface area contributed by atoms with E-state index < -0.39 is 5.41 Å². The molecule has 13 rings (SSSR count). The number of allylic oxidation sites excluding steroid dienone is 4. The SMILES string of the molecule is C1=CC(c2ccc3c(c2)C2(c4ccccc4-c4ccccc42)c2cc4ccccc4c(-c4ccccc4)c2-3)CC(C2=C3Sc4ccccc4C3NC(c3ccccc3)N2)=C1. The predicted octanol–water partition coefficient (Wildman–Crippen LogP) is 13.8. The van der Waals surface area contributed by atoms with Gasteiger partial charge in [-0.1, -0.05) is 200 Å². The van der Waals surface area contributed by atoms with E-state index in [1.807, 2.05) is 11.8 Å².